The molecule has 0 aliphatic carbocycles. The second-order valence-electron chi connectivity index (χ2n) is 4.65. The quantitative estimate of drug-likeness (QED) is 0.870. The Hall–Kier alpha value is -1.36. The summed E-state index contributed by atoms with van der Waals surface area (Å²) >= 11 is 0. The summed E-state index contributed by atoms with van der Waals surface area (Å²) in [5.74, 6) is -0.110. The molecule has 2 rings (SSSR count). The van der Waals surface area contributed by atoms with E-state index in [0.717, 1.165) is 30.8 Å². The average Bonchev–Trinajstić information content (AvgIpc) is 2.74. The van der Waals surface area contributed by atoms with Gasteiger partial charge in [-0.2, -0.15) is 0 Å². The Morgan fingerprint density at radius 2 is 2.47 bits per heavy atom. The summed E-state index contributed by atoms with van der Waals surface area (Å²) in [7, 11) is 0. The van der Waals surface area contributed by atoms with Crippen LogP contribution in [0.4, 0.5) is 0 Å². The molecule has 5 nitrogen and oxygen atoms in total. The average molecular weight is 238 g/mol. The SMILES string of the molecule is Cc1ncoc1C(C)N1CCCC(C(=O)O)C1. The van der Waals surface area contributed by atoms with E-state index in [9.17, 15) is 4.79 Å². The molecule has 1 aliphatic heterocycles. The number of carboxylic acid groups (broad SMARTS) is 1. The largest absolute Gasteiger partial charge is 0.481 e. The van der Waals surface area contributed by atoms with Crippen molar-refractivity contribution in [3.63, 3.8) is 0 Å². The van der Waals surface area contributed by atoms with Crippen LogP contribution in [0.2, 0.25) is 0 Å². The minimum atomic E-state index is -0.698. The minimum absolute atomic E-state index is 0.0969. The summed E-state index contributed by atoms with van der Waals surface area (Å²) in [6, 6.07) is 0.0969. The van der Waals surface area contributed by atoms with Gasteiger partial charge in [0.15, 0.2) is 6.39 Å². The Labute approximate surface area is 100 Å². The Morgan fingerprint density at radius 1 is 1.71 bits per heavy atom. The predicted molar refractivity (Wildman–Crippen MR) is 61.6 cm³/mol. The molecule has 17 heavy (non-hydrogen) atoms. The molecule has 0 saturated carbocycles. The molecule has 1 aliphatic rings. The summed E-state index contributed by atoms with van der Waals surface area (Å²) < 4.78 is 5.37. The molecule has 2 heterocycles. The highest BCUT2D eigenvalue weighted by Gasteiger charge is 2.30. The van der Waals surface area contributed by atoms with E-state index in [2.05, 4.69) is 9.88 Å². The van der Waals surface area contributed by atoms with Crippen LogP contribution in [-0.4, -0.2) is 34.0 Å². The van der Waals surface area contributed by atoms with E-state index in [1.54, 1.807) is 0 Å². The number of rotatable bonds is 3. The molecule has 2 atom stereocenters. The van der Waals surface area contributed by atoms with Crippen molar-refractivity contribution in [2.75, 3.05) is 13.1 Å². The maximum absolute atomic E-state index is 11.0. The molecule has 1 aromatic rings. The van der Waals surface area contributed by atoms with Gasteiger partial charge < -0.3 is 9.52 Å². The molecule has 94 valence electrons. The zero-order valence-electron chi connectivity index (χ0n) is 10.2. The van der Waals surface area contributed by atoms with Gasteiger partial charge in [0.1, 0.15) is 5.76 Å². The molecule has 0 radical (unpaired) electrons. The van der Waals surface area contributed by atoms with E-state index in [1.165, 1.54) is 6.39 Å². The van der Waals surface area contributed by atoms with Gasteiger partial charge in [-0.3, -0.25) is 9.69 Å². The maximum atomic E-state index is 11.0. The van der Waals surface area contributed by atoms with Crippen molar-refractivity contribution in [2.45, 2.75) is 32.7 Å². The number of carboxylic acids is 1. The van der Waals surface area contributed by atoms with E-state index in [-0.39, 0.29) is 12.0 Å². The van der Waals surface area contributed by atoms with Crippen molar-refractivity contribution < 1.29 is 14.3 Å². The number of nitrogens with zero attached hydrogens (tertiary/aromatic N) is 2. The Balaban J connectivity index is 2.07. The lowest BCUT2D eigenvalue weighted by Crippen LogP contribution is -2.40. The van der Waals surface area contributed by atoms with E-state index in [0.29, 0.717) is 6.54 Å². The molecule has 1 saturated heterocycles. The lowest BCUT2D eigenvalue weighted by molar-refractivity contribution is -0.144. The van der Waals surface area contributed by atoms with E-state index >= 15 is 0 Å². The molecule has 0 amide bonds. The van der Waals surface area contributed by atoms with Crippen LogP contribution in [0.1, 0.15) is 37.3 Å². The Kier molecular flexibility index (Phi) is 3.47. The number of hydrogen-bond donors (Lipinski definition) is 1. The molecule has 0 aromatic carbocycles. The molecule has 1 N–H and O–H groups in total. The first-order chi connectivity index (χ1) is 8.09. The number of likely N-dealkylation sites (tertiary alicyclic amines) is 1. The third-order valence-electron chi connectivity index (χ3n) is 3.51. The fourth-order valence-electron chi connectivity index (χ4n) is 2.44. The van der Waals surface area contributed by atoms with Gasteiger partial charge in [-0.05, 0) is 33.2 Å². The standard InChI is InChI=1S/C12H18N2O3/c1-8-11(17-7-13-8)9(2)14-5-3-4-10(6-14)12(15)16/h7,9-10H,3-6H2,1-2H3,(H,15,16). The predicted octanol–water partition coefficient (Wildman–Crippen LogP) is 1.84. The number of aliphatic carboxylic acids is 1. The minimum Gasteiger partial charge on any atom is -0.481 e. The van der Waals surface area contributed by atoms with Gasteiger partial charge in [0, 0.05) is 6.54 Å². The van der Waals surface area contributed by atoms with Gasteiger partial charge in [-0.1, -0.05) is 0 Å². The second kappa shape index (κ2) is 4.87. The highest BCUT2D eigenvalue weighted by molar-refractivity contribution is 5.70. The first-order valence-electron chi connectivity index (χ1n) is 5.96. The Bertz CT molecular complexity index is 402. The van der Waals surface area contributed by atoms with Crippen molar-refractivity contribution in [2.24, 2.45) is 5.92 Å². The summed E-state index contributed by atoms with van der Waals surface area (Å²) in [5.41, 5.74) is 0.884. The number of piperidine rings is 1. The third kappa shape index (κ3) is 2.49. The van der Waals surface area contributed by atoms with Crippen molar-refractivity contribution in [1.82, 2.24) is 9.88 Å². The lowest BCUT2D eigenvalue weighted by Gasteiger charge is -2.34. The van der Waals surface area contributed by atoms with Gasteiger partial charge in [0.05, 0.1) is 17.7 Å². The maximum Gasteiger partial charge on any atom is 0.307 e. The summed E-state index contributed by atoms with van der Waals surface area (Å²) in [6.45, 7) is 5.47. The zero-order chi connectivity index (χ0) is 12.4. The van der Waals surface area contributed by atoms with Crippen LogP contribution in [0.15, 0.2) is 10.8 Å². The van der Waals surface area contributed by atoms with Crippen molar-refractivity contribution in [3.8, 4) is 0 Å². The normalized spacial score (nSPS) is 23.5. The van der Waals surface area contributed by atoms with Crippen molar-refractivity contribution >= 4 is 5.97 Å². The van der Waals surface area contributed by atoms with Gasteiger partial charge in [0.25, 0.3) is 0 Å². The molecule has 0 bridgehead atoms. The molecule has 5 heteroatoms. The van der Waals surface area contributed by atoms with Crippen molar-refractivity contribution in [3.05, 3.63) is 17.8 Å². The third-order valence-corrected chi connectivity index (χ3v) is 3.51. The highest BCUT2D eigenvalue weighted by Crippen LogP contribution is 2.28. The first kappa shape index (κ1) is 12.1. The molecule has 1 aromatic heterocycles. The van der Waals surface area contributed by atoms with Crippen LogP contribution >= 0.6 is 0 Å². The summed E-state index contributed by atoms with van der Waals surface area (Å²) in [5, 5.41) is 9.06. The first-order valence-corrected chi connectivity index (χ1v) is 5.96. The zero-order valence-corrected chi connectivity index (χ0v) is 10.2. The van der Waals surface area contributed by atoms with Gasteiger partial charge in [0.2, 0.25) is 0 Å². The van der Waals surface area contributed by atoms with Crippen LogP contribution in [0.3, 0.4) is 0 Å². The van der Waals surface area contributed by atoms with Gasteiger partial charge in [-0.15, -0.1) is 0 Å². The number of hydrogen-bond acceptors (Lipinski definition) is 4. The smallest absolute Gasteiger partial charge is 0.307 e. The molecule has 2 unspecified atom stereocenters. The second-order valence-corrected chi connectivity index (χ2v) is 4.65. The molecule has 1 fully saturated rings. The van der Waals surface area contributed by atoms with E-state index in [1.807, 2.05) is 13.8 Å². The Morgan fingerprint density at radius 3 is 3.06 bits per heavy atom. The fraction of sp³-hybridized carbons (Fsp3) is 0.667. The van der Waals surface area contributed by atoms with Crippen LogP contribution in [-0.2, 0) is 4.79 Å². The number of aryl methyl sites for hydroxylation is 1. The van der Waals surface area contributed by atoms with E-state index < -0.39 is 5.97 Å². The molecule has 0 spiro atoms. The summed E-state index contributed by atoms with van der Waals surface area (Å²) in [4.78, 5) is 17.3. The number of carbonyl (C=O) groups is 1. The van der Waals surface area contributed by atoms with Crippen LogP contribution in [0.5, 0.6) is 0 Å². The fourth-order valence-corrected chi connectivity index (χ4v) is 2.44. The lowest BCUT2D eigenvalue weighted by atomic mass is 9.96. The van der Waals surface area contributed by atoms with Gasteiger partial charge >= 0.3 is 5.97 Å². The van der Waals surface area contributed by atoms with Crippen LogP contribution in [0, 0.1) is 12.8 Å². The number of oxazole rings is 1. The molecular weight excluding hydrogens is 220 g/mol. The summed E-state index contributed by atoms with van der Waals surface area (Å²) in [6.07, 6.45) is 3.14. The van der Waals surface area contributed by atoms with Crippen LogP contribution < -0.4 is 0 Å². The van der Waals surface area contributed by atoms with Crippen molar-refractivity contribution in [1.29, 1.82) is 0 Å². The topological polar surface area (TPSA) is 66.6 Å². The van der Waals surface area contributed by atoms with Gasteiger partial charge in [-0.25, -0.2) is 4.98 Å². The van der Waals surface area contributed by atoms with Crippen LogP contribution in [0.25, 0.3) is 0 Å². The van der Waals surface area contributed by atoms with E-state index in [4.69, 9.17) is 9.52 Å². The molecular formula is C12H18N2O3. The highest BCUT2D eigenvalue weighted by atomic mass is 16.4. The monoisotopic (exact) mass is 238 g/mol. The number of aromatic nitrogens is 1.